The summed E-state index contributed by atoms with van der Waals surface area (Å²) in [5.41, 5.74) is 5.91. The number of nitrogens with one attached hydrogen (secondary N) is 1. The van der Waals surface area contributed by atoms with E-state index in [0.717, 1.165) is 10.7 Å². The van der Waals surface area contributed by atoms with Crippen molar-refractivity contribution in [1.82, 2.24) is 0 Å². The van der Waals surface area contributed by atoms with Gasteiger partial charge in [-0.25, -0.2) is 4.79 Å². The number of aryl methyl sites for hydroxylation is 2. The summed E-state index contributed by atoms with van der Waals surface area (Å²) in [6, 6.07) is 3.20. The second-order valence-corrected chi connectivity index (χ2v) is 6.07. The second kappa shape index (κ2) is 5.94. The van der Waals surface area contributed by atoms with Crippen LogP contribution in [0.15, 0.2) is 33.0 Å². The van der Waals surface area contributed by atoms with E-state index in [9.17, 15) is 9.59 Å². The maximum atomic E-state index is 12.8. The highest BCUT2D eigenvalue weighted by Gasteiger charge is 2.19. The van der Waals surface area contributed by atoms with Crippen molar-refractivity contribution in [2.45, 2.75) is 13.8 Å². The van der Waals surface area contributed by atoms with E-state index in [1.807, 2.05) is 12.3 Å². The number of carbonyl (C=O) groups excluding carboxylic acids is 1. The number of hydrogen-bond acceptors (Lipinski definition) is 5. The van der Waals surface area contributed by atoms with Gasteiger partial charge < -0.3 is 14.9 Å². The highest BCUT2D eigenvalue weighted by molar-refractivity contribution is 7.12. The maximum absolute atomic E-state index is 12.8. The molecule has 3 rings (SSSR count). The van der Waals surface area contributed by atoms with Gasteiger partial charge in [-0.3, -0.25) is 4.79 Å². The SMILES string of the molecule is Cc1csc(-c2coc3cc(OC(=O)C[NH3+])cc(C)c3c2=O)[nH+]1. The number of hydrogen-bond donors (Lipinski definition) is 1. The molecule has 0 saturated heterocycles. The fourth-order valence-electron chi connectivity index (χ4n) is 2.33. The minimum Gasteiger partial charge on any atom is -0.463 e. The van der Waals surface area contributed by atoms with E-state index in [4.69, 9.17) is 9.15 Å². The molecule has 23 heavy (non-hydrogen) atoms. The van der Waals surface area contributed by atoms with Crippen molar-refractivity contribution in [1.29, 1.82) is 0 Å². The van der Waals surface area contributed by atoms with Crippen molar-refractivity contribution < 1.29 is 24.7 Å². The molecule has 7 heteroatoms. The highest BCUT2D eigenvalue weighted by Crippen LogP contribution is 2.26. The Kier molecular flexibility index (Phi) is 3.97. The molecule has 0 amide bonds. The van der Waals surface area contributed by atoms with Gasteiger partial charge in [0.05, 0.1) is 10.8 Å². The predicted molar refractivity (Wildman–Crippen MR) is 85.2 cm³/mol. The molecule has 4 N–H and O–H groups in total. The lowest BCUT2D eigenvalue weighted by atomic mass is 10.1. The summed E-state index contributed by atoms with van der Waals surface area (Å²) in [5, 5.41) is 3.18. The number of aromatic amines is 1. The van der Waals surface area contributed by atoms with E-state index < -0.39 is 5.97 Å². The van der Waals surface area contributed by atoms with Gasteiger partial charge in [0, 0.05) is 13.0 Å². The number of fused-ring (bicyclic) bond motifs is 1. The molecule has 2 aromatic heterocycles. The van der Waals surface area contributed by atoms with Gasteiger partial charge in [-0.2, -0.15) is 4.98 Å². The quantitative estimate of drug-likeness (QED) is 0.573. The summed E-state index contributed by atoms with van der Waals surface area (Å²) in [5.74, 6) is -0.0931. The van der Waals surface area contributed by atoms with Gasteiger partial charge in [0.15, 0.2) is 12.2 Å². The molecule has 0 saturated carbocycles. The Labute approximate surface area is 135 Å². The maximum Gasteiger partial charge on any atom is 0.366 e. The lowest BCUT2D eigenvalue weighted by Gasteiger charge is -2.06. The molecule has 0 radical (unpaired) electrons. The van der Waals surface area contributed by atoms with E-state index in [1.165, 1.54) is 17.6 Å². The van der Waals surface area contributed by atoms with Crippen molar-refractivity contribution in [3.8, 4) is 16.3 Å². The number of carbonyl (C=O) groups is 1. The van der Waals surface area contributed by atoms with Crippen molar-refractivity contribution >= 4 is 28.3 Å². The number of esters is 1. The average Bonchev–Trinajstić information content (AvgIpc) is 2.93. The molecule has 0 aliphatic heterocycles. The molecule has 2 heterocycles. The van der Waals surface area contributed by atoms with Gasteiger partial charge in [0.25, 0.3) is 5.01 Å². The Balaban J connectivity index is 2.15. The van der Waals surface area contributed by atoms with Gasteiger partial charge in [0.2, 0.25) is 5.43 Å². The molecule has 0 spiro atoms. The zero-order valence-corrected chi connectivity index (χ0v) is 13.6. The molecule has 1 aromatic carbocycles. The molecule has 0 atom stereocenters. The monoisotopic (exact) mass is 332 g/mol. The van der Waals surface area contributed by atoms with Gasteiger partial charge >= 0.3 is 5.97 Å². The van der Waals surface area contributed by atoms with Crippen LogP contribution in [0.2, 0.25) is 0 Å². The molecule has 0 fully saturated rings. The van der Waals surface area contributed by atoms with Gasteiger partial charge in [-0.15, -0.1) is 0 Å². The first kappa shape index (κ1) is 15.4. The fraction of sp³-hybridized carbons (Fsp3) is 0.188. The summed E-state index contributed by atoms with van der Waals surface area (Å²) < 4.78 is 10.7. The molecule has 0 aliphatic rings. The summed E-state index contributed by atoms with van der Waals surface area (Å²) in [6.07, 6.45) is 1.43. The topological polar surface area (TPSA) is 98.3 Å². The highest BCUT2D eigenvalue weighted by atomic mass is 32.1. The number of quaternary nitrogens is 1. The number of ether oxygens (including phenoxy) is 1. The van der Waals surface area contributed by atoms with Crippen LogP contribution in [0.1, 0.15) is 11.3 Å². The Bertz CT molecular complexity index is 958. The first-order valence-corrected chi connectivity index (χ1v) is 7.91. The van der Waals surface area contributed by atoms with E-state index in [-0.39, 0.29) is 12.0 Å². The van der Waals surface area contributed by atoms with Crippen LogP contribution in [0.5, 0.6) is 5.75 Å². The largest absolute Gasteiger partial charge is 0.463 e. The van der Waals surface area contributed by atoms with E-state index >= 15 is 0 Å². The average molecular weight is 332 g/mol. The first-order chi connectivity index (χ1) is 11.0. The third-order valence-electron chi connectivity index (χ3n) is 3.39. The van der Waals surface area contributed by atoms with Crippen molar-refractivity contribution in [2.24, 2.45) is 0 Å². The molecule has 6 nitrogen and oxygen atoms in total. The zero-order chi connectivity index (χ0) is 16.6. The third-order valence-corrected chi connectivity index (χ3v) is 4.42. The Morgan fingerprint density at radius 2 is 2.17 bits per heavy atom. The zero-order valence-electron chi connectivity index (χ0n) is 12.8. The fourth-order valence-corrected chi connectivity index (χ4v) is 3.17. The van der Waals surface area contributed by atoms with Gasteiger partial charge in [-0.1, -0.05) is 11.3 Å². The number of H-pyrrole nitrogens is 1. The minimum absolute atomic E-state index is 0.0353. The summed E-state index contributed by atoms with van der Waals surface area (Å²) in [6.45, 7) is 3.75. The molecule has 0 bridgehead atoms. The Hall–Kier alpha value is -2.51. The minimum atomic E-state index is -0.439. The third kappa shape index (κ3) is 2.88. The standard InChI is InChI=1S/C16H14N2O4S/c1-8-3-10(22-13(19)5-17)4-12-14(8)15(20)11(6-21-12)16-18-9(2)7-23-16/h3-4,6-7H,5,17H2,1-2H3/p+2. The van der Waals surface area contributed by atoms with Crippen LogP contribution in [0, 0.1) is 13.8 Å². The van der Waals surface area contributed by atoms with Gasteiger partial charge in [0.1, 0.15) is 23.2 Å². The molecule has 0 unspecified atom stereocenters. The summed E-state index contributed by atoms with van der Waals surface area (Å²) in [4.78, 5) is 27.3. The van der Waals surface area contributed by atoms with Crippen LogP contribution in [0.3, 0.4) is 0 Å². The summed E-state index contributed by atoms with van der Waals surface area (Å²) >= 11 is 1.45. The molecule has 3 aromatic rings. The van der Waals surface area contributed by atoms with Gasteiger partial charge in [-0.05, 0) is 18.6 Å². The predicted octanol–water partition coefficient (Wildman–Crippen LogP) is 1.10. The number of aromatic nitrogens is 1. The summed E-state index contributed by atoms with van der Waals surface area (Å²) in [7, 11) is 0. The van der Waals surface area contributed by atoms with Crippen LogP contribution >= 0.6 is 11.3 Å². The van der Waals surface area contributed by atoms with Crippen LogP contribution in [0.4, 0.5) is 0 Å². The smallest absolute Gasteiger partial charge is 0.366 e. The Morgan fingerprint density at radius 3 is 2.83 bits per heavy atom. The Morgan fingerprint density at radius 1 is 1.39 bits per heavy atom. The van der Waals surface area contributed by atoms with Crippen LogP contribution in [-0.4, -0.2) is 12.5 Å². The van der Waals surface area contributed by atoms with Crippen molar-refractivity contribution in [2.75, 3.05) is 6.54 Å². The van der Waals surface area contributed by atoms with E-state index in [2.05, 4.69) is 10.7 Å². The molecule has 118 valence electrons. The molecular weight excluding hydrogens is 316 g/mol. The lowest BCUT2D eigenvalue weighted by Crippen LogP contribution is -2.55. The van der Waals surface area contributed by atoms with Crippen molar-refractivity contribution in [3.05, 3.63) is 45.3 Å². The number of benzene rings is 1. The van der Waals surface area contributed by atoms with E-state index in [0.29, 0.717) is 27.8 Å². The number of thiazole rings is 1. The second-order valence-electron chi connectivity index (χ2n) is 5.19. The lowest BCUT2D eigenvalue weighted by molar-refractivity contribution is -0.367. The van der Waals surface area contributed by atoms with Crippen molar-refractivity contribution in [3.63, 3.8) is 0 Å². The van der Waals surface area contributed by atoms with Crippen LogP contribution in [-0.2, 0) is 4.79 Å². The number of rotatable bonds is 3. The van der Waals surface area contributed by atoms with Crippen LogP contribution in [0.25, 0.3) is 21.5 Å². The molecular formula is C16H16N2O4S+2. The van der Waals surface area contributed by atoms with E-state index in [1.54, 1.807) is 19.1 Å². The molecule has 0 aliphatic carbocycles. The normalized spacial score (nSPS) is 10.9. The van der Waals surface area contributed by atoms with Crippen LogP contribution < -0.4 is 20.9 Å². The first-order valence-electron chi connectivity index (χ1n) is 7.03.